The lowest BCUT2D eigenvalue weighted by Crippen LogP contribution is -2.45. The Balaban J connectivity index is 2.40. The van der Waals surface area contributed by atoms with E-state index in [2.05, 4.69) is 4.74 Å². The Bertz CT molecular complexity index is 197. The van der Waals surface area contributed by atoms with Gasteiger partial charge in [0.1, 0.15) is 12.0 Å². The third kappa shape index (κ3) is 1.57. The maximum Gasteiger partial charge on any atom is 0.313 e. The topological polar surface area (TPSA) is 52.6 Å². The number of methoxy groups -OCH3 is 1. The molecule has 1 rings (SSSR count). The number of esters is 2. The fourth-order valence-corrected chi connectivity index (χ4v) is 1.24. The van der Waals surface area contributed by atoms with E-state index in [1.807, 2.05) is 6.92 Å². The Morgan fingerprint density at radius 2 is 2.33 bits per heavy atom. The SMILES string of the molecule is CC[C@@H]1OC(=O)[C@H]1CC(=O)OC. The Morgan fingerprint density at radius 3 is 2.75 bits per heavy atom. The summed E-state index contributed by atoms with van der Waals surface area (Å²) in [6, 6.07) is 0. The summed E-state index contributed by atoms with van der Waals surface area (Å²) in [7, 11) is 1.31. The smallest absolute Gasteiger partial charge is 0.313 e. The number of hydrogen-bond donors (Lipinski definition) is 0. The molecule has 4 nitrogen and oxygen atoms in total. The summed E-state index contributed by atoms with van der Waals surface area (Å²) in [5.41, 5.74) is 0. The molecule has 2 atom stereocenters. The molecule has 1 saturated heterocycles. The van der Waals surface area contributed by atoms with Gasteiger partial charge in [-0.3, -0.25) is 9.59 Å². The van der Waals surface area contributed by atoms with Crippen molar-refractivity contribution in [3.8, 4) is 0 Å². The van der Waals surface area contributed by atoms with Crippen LogP contribution in [0.3, 0.4) is 0 Å². The van der Waals surface area contributed by atoms with E-state index in [1.165, 1.54) is 7.11 Å². The summed E-state index contributed by atoms with van der Waals surface area (Å²) < 4.78 is 9.25. The summed E-state index contributed by atoms with van der Waals surface area (Å²) in [6.45, 7) is 1.92. The molecular weight excluding hydrogens is 160 g/mol. The van der Waals surface area contributed by atoms with Crippen molar-refractivity contribution in [1.29, 1.82) is 0 Å². The van der Waals surface area contributed by atoms with Gasteiger partial charge in [-0.05, 0) is 6.42 Å². The predicted octanol–water partition coefficient (Wildman–Crippen LogP) is 0.501. The highest BCUT2D eigenvalue weighted by molar-refractivity contribution is 5.84. The molecule has 1 aliphatic rings. The van der Waals surface area contributed by atoms with Crippen LogP contribution in [0.15, 0.2) is 0 Å². The average Bonchev–Trinajstić information content (AvgIpc) is 2.09. The van der Waals surface area contributed by atoms with Crippen molar-refractivity contribution in [2.75, 3.05) is 7.11 Å². The summed E-state index contributed by atoms with van der Waals surface area (Å²) in [5, 5.41) is 0. The van der Waals surface area contributed by atoms with Crippen molar-refractivity contribution in [3.05, 3.63) is 0 Å². The third-order valence-corrected chi connectivity index (χ3v) is 2.04. The van der Waals surface area contributed by atoms with Crippen molar-refractivity contribution >= 4 is 11.9 Å². The van der Waals surface area contributed by atoms with Gasteiger partial charge in [0.15, 0.2) is 0 Å². The van der Waals surface area contributed by atoms with Crippen LogP contribution in [0.4, 0.5) is 0 Å². The molecular formula is C8H12O4. The minimum atomic E-state index is -0.352. The van der Waals surface area contributed by atoms with E-state index in [0.717, 1.165) is 6.42 Å². The van der Waals surface area contributed by atoms with Gasteiger partial charge in [-0.1, -0.05) is 6.92 Å². The highest BCUT2D eigenvalue weighted by Crippen LogP contribution is 2.27. The number of cyclic esters (lactones) is 1. The fourth-order valence-electron chi connectivity index (χ4n) is 1.24. The predicted molar refractivity (Wildman–Crippen MR) is 40.3 cm³/mol. The van der Waals surface area contributed by atoms with Gasteiger partial charge in [0.2, 0.25) is 0 Å². The number of hydrogen-bond acceptors (Lipinski definition) is 4. The first-order chi connectivity index (χ1) is 5.69. The monoisotopic (exact) mass is 172 g/mol. The summed E-state index contributed by atoms with van der Waals surface area (Å²) in [4.78, 5) is 21.6. The Hall–Kier alpha value is -1.06. The lowest BCUT2D eigenvalue weighted by molar-refractivity contribution is -0.188. The minimum absolute atomic E-state index is 0.0865. The molecule has 0 amide bonds. The van der Waals surface area contributed by atoms with Gasteiger partial charge in [0.25, 0.3) is 0 Å². The molecule has 1 fully saturated rings. The van der Waals surface area contributed by atoms with E-state index in [-0.39, 0.29) is 30.4 Å². The third-order valence-electron chi connectivity index (χ3n) is 2.04. The molecule has 12 heavy (non-hydrogen) atoms. The number of carbonyl (C=O) groups is 2. The first-order valence-electron chi connectivity index (χ1n) is 3.96. The van der Waals surface area contributed by atoms with Crippen LogP contribution in [0, 0.1) is 5.92 Å². The molecule has 68 valence electrons. The van der Waals surface area contributed by atoms with Crippen LogP contribution in [0.2, 0.25) is 0 Å². The van der Waals surface area contributed by atoms with Crippen molar-refractivity contribution in [2.24, 2.45) is 5.92 Å². The van der Waals surface area contributed by atoms with Crippen LogP contribution in [0.5, 0.6) is 0 Å². The molecule has 0 bridgehead atoms. The molecule has 4 heteroatoms. The molecule has 0 aromatic heterocycles. The van der Waals surface area contributed by atoms with E-state index >= 15 is 0 Å². The van der Waals surface area contributed by atoms with Crippen molar-refractivity contribution in [2.45, 2.75) is 25.9 Å². The highest BCUT2D eigenvalue weighted by Gasteiger charge is 2.42. The largest absolute Gasteiger partial charge is 0.469 e. The van der Waals surface area contributed by atoms with Gasteiger partial charge in [-0.15, -0.1) is 0 Å². The second-order valence-electron chi connectivity index (χ2n) is 2.77. The summed E-state index contributed by atoms with van der Waals surface area (Å²) in [5.74, 6) is -0.912. The zero-order valence-corrected chi connectivity index (χ0v) is 7.20. The fraction of sp³-hybridized carbons (Fsp3) is 0.750. The first-order valence-corrected chi connectivity index (χ1v) is 3.96. The Morgan fingerprint density at radius 1 is 1.67 bits per heavy atom. The van der Waals surface area contributed by atoms with Crippen LogP contribution in [0.1, 0.15) is 19.8 Å². The molecule has 0 radical (unpaired) electrons. The normalized spacial score (nSPS) is 27.3. The molecule has 0 aromatic rings. The maximum absolute atomic E-state index is 10.8. The van der Waals surface area contributed by atoms with Crippen LogP contribution in [-0.2, 0) is 19.1 Å². The minimum Gasteiger partial charge on any atom is -0.469 e. The van der Waals surface area contributed by atoms with Gasteiger partial charge in [-0.2, -0.15) is 0 Å². The lowest BCUT2D eigenvalue weighted by Gasteiger charge is -2.33. The summed E-state index contributed by atoms with van der Waals surface area (Å²) >= 11 is 0. The second-order valence-corrected chi connectivity index (χ2v) is 2.77. The quantitative estimate of drug-likeness (QED) is 0.582. The van der Waals surface area contributed by atoms with Crippen LogP contribution in [-0.4, -0.2) is 25.2 Å². The van der Waals surface area contributed by atoms with E-state index in [4.69, 9.17) is 4.74 Å². The number of carbonyl (C=O) groups excluding carboxylic acids is 2. The second kappa shape index (κ2) is 3.56. The lowest BCUT2D eigenvalue weighted by atomic mass is 9.92. The first kappa shape index (κ1) is 9.03. The van der Waals surface area contributed by atoms with Crippen LogP contribution in [0.25, 0.3) is 0 Å². The van der Waals surface area contributed by atoms with E-state index in [0.29, 0.717) is 0 Å². The van der Waals surface area contributed by atoms with E-state index in [9.17, 15) is 9.59 Å². The standard InChI is InChI=1S/C8H12O4/c1-3-6-5(8(10)12-6)4-7(9)11-2/h5-6H,3-4H2,1-2H3/t5-,6-/m0/s1. The van der Waals surface area contributed by atoms with E-state index < -0.39 is 0 Å². The van der Waals surface area contributed by atoms with Crippen LogP contribution < -0.4 is 0 Å². The molecule has 0 unspecified atom stereocenters. The Labute approximate surface area is 70.8 Å². The highest BCUT2D eigenvalue weighted by atomic mass is 16.6. The molecule has 0 saturated carbocycles. The van der Waals surface area contributed by atoms with Gasteiger partial charge < -0.3 is 9.47 Å². The van der Waals surface area contributed by atoms with Gasteiger partial charge in [0.05, 0.1) is 13.5 Å². The number of rotatable bonds is 3. The number of ether oxygens (including phenoxy) is 2. The van der Waals surface area contributed by atoms with Gasteiger partial charge in [0, 0.05) is 0 Å². The molecule has 0 aliphatic carbocycles. The molecule has 0 aromatic carbocycles. The zero-order valence-electron chi connectivity index (χ0n) is 7.20. The van der Waals surface area contributed by atoms with Gasteiger partial charge >= 0.3 is 11.9 Å². The zero-order chi connectivity index (χ0) is 9.14. The summed E-state index contributed by atoms with van der Waals surface area (Å²) in [6.07, 6.45) is 0.818. The molecule has 1 heterocycles. The van der Waals surface area contributed by atoms with Crippen LogP contribution >= 0.6 is 0 Å². The average molecular weight is 172 g/mol. The van der Waals surface area contributed by atoms with Crippen molar-refractivity contribution in [3.63, 3.8) is 0 Å². The maximum atomic E-state index is 10.8. The van der Waals surface area contributed by atoms with Gasteiger partial charge in [-0.25, -0.2) is 0 Å². The molecule has 1 aliphatic heterocycles. The molecule has 0 spiro atoms. The van der Waals surface area contributed by atoms with Crippen molar-refractivity contribution in [1.82, 2.24) is 0 Å². The van der Waals surface area contributed by atoms with Crippen molar-refractivity contribution < 1.29 is 19.1 Å². The Kier molecular flexibility index (Phi) is 2.68. The van der Waals surface area contributed by atoms with E-state index in [1.54, 1.807) is 0 Å². The molecule has 0 N–H and O–H groups in total.